The van der Waals surface area contributed by atoms with Crippen LogP contribution in [0.1, 0.15) is 47.6 Å². The van der Waals surface area contributed by atoms with Gasteiger partial charge in [0.15, 0.2) is 0 Å². The Hall–Kier alpha value is -2.83. The van der Waals surface area contributed by atoms with Crippen molar-refractivity contribution in [2.45, 2.75) is 39.2 Å². The fourth-order valence-electron chi connectivity index (χ4n) is 4.31. The second-order valence-electron chi connectivity index (χ2n) is 7.94. The van der Waals surface area contributed by atoms with Gasteiger partial charge in [0.1, 0.15) is 5.69 Å². The van der Waals surface area contributed by atoms with Gasteiger partial charge in [0.05, 0.1) is 24.1 Å². The zero-order valence-corrected chi connectivity index (χ0v) is 16.2. The summed E-state index contributed by atoms with van der Waals surface area (Å²) in [6.07, 6.45) is 8.44. The summed E-state index contributed by atoms with van der Waals surface area (Å²) in [6, 6.07) is 5.41. The smallest absolute Gasteiger partial charge is 0.272 e. The zero-order chi connectivity index (χ0) is 19.6. The lowest BCUT2D eigenvalue weighted by Crippen LogP contribution is -2.55. The number of aromatic nitrogens is 3. The zero-order valence-electron chi connectivity index (χ0n) is 16.2. The third kappa shape index (κ3) is 3.88. The number of likely N-dealkylation sites (tertiary alicyclic amines) is 2. The van der Waals surface area contributed by atoms with E-state index in [4.69, 9.17) is 0 Å². The Morgan fingerprint density at radius 2 is 2.04 bits per heavy atom. The van der Waals surface area contributed by atoms with E-state index >= 15 is 0 Å². The van der Waals surface area contributed by atoms with Crippen LogP contribution < -0.4 is 0 Å². The maximum absolute atomic E-state index is 12.9. The van der Waals surface area contributed by atoms with Gasteiger partial charge in [-0.3, -0.25) is 24.5 Å². The fourth-order valence-corrected chi connectivity index (χ4v) is 4.31. The number of carbonyl (C=O) groups is 2. The van der Waals surface area contributed by atoms with E-state index in [-0.39, 0.29) is 17.2 Å². The molecule has 1 unspecified atom stereocenters. The van der Waals surface area contributed by atoms with E-state index in [1.165, 1.54) is 0 Å². The molecule has 28 heavy (non-hydrogen) atoms. The van der Waals surface area contributed by atoms with Crippen LogP contribution in [0.25, 0.3) is 0 Å². The predicted molar refractivity (Wildman–Crippen MR) is 103 cm³/mol. The van der Waals surface area contributed by atoms with Gasteiger partial charge < -0.3 is 9.80 Å². The van der Waals surface area contributed by atoms with E-state index in [0.29, 0.717) is 31.7 Å². The molecule has 0 N–H and O–H groups in total. The van der Waals surface area contributed by atoms with Crippen molar-refractivity contribution in [2.75, 3.05) is 19.6 Å². The molecule has 2 aromatic heterocycles. The number of hydrogen-bond donors (Lipinski definition) is 0. The highest BCUT2D eigenvalue weighted by Crippen LogP contribution is 2.39. The van der Waals surface area contributed by atoms with Crippen LogP contribution in [-0.4, -0.2) is 56.2 Å². The Balaban J connectivity index is 1.48. The number of carbonyl (C=O) groups excluding carboxylic acids is 2. The summed E-state index contributed by atoms with van der Waals surface area (Å²) < 4.78 is 0. The van der Waals surface area contributed by atoms with Gasteiger partial charge in [-0.05, 0) is 38.3 Å². The van der Waals surface area contributed by atoms with Crippen molar-refractivity contribution < 1.29 is 9.59 Å². The molecule has 1 atom stereocenters. The van der Waals surface area contributed by atoms with Crippen LogP contribution >= 0.6 is 0 Å². The van der Waals surface area contributed by atoms with Crippen LogP contribution in [0.5, 0.6) is 0 Å². The Labute approximate surface area is 164 Å². The molecule has 2 aliphatic rings. The molecule has 7 heteroatoms. The van der Waals surface area contributed by atoms with Crippen molar-refractivity contribution in [2.24, 2.45) is 5.41 Å². The maximum atomic E-state index is 12.9. The van der Waals surface area contributed by atoms with Crippen molar-refractivity contribution in [1.82, 2.24) is 24.8 Å². The van der Waals surface area contributed by atoms with Gasteiger partial charge in [-0.25, -0.2) is 0 Å². The van der Waals surface area contributed by atoms with Gasteiger partial charge in [-0.2, -0.15) is 0 Å². The number of aryl methyl sites for hydroxylation is 1. The number of amides is 2. The number of rotatable bonds is 3. The number of hydrogen-bond acceptors (Lipinski definition) is 5. The van der Waals surface area contributed by atoms with Crippen molar-refractivity contribution in [3.63, 3.8) is 0 Å². The standard InChI is InChI=1S/C21H25N5O2/c1-16-11-24-17(12-23-16)13-26-15-21(8-6-19(26)27)7-4-10-25(14-21)20(28)18-5-2-3-9-22-18/h2-3,5,9,11-12H,4,6-8,10,13-15H2,1H3. The van der Waals surface area contributed by atoms with E-state index in [0.717, 1.165) is 37.2 Å². The highest BCUT2D eigenvalue weighted by molar-refractivity contribution is 5.92. The van der Waals surface area contributed by atoms with Crippen LogP contribution in [0.15, 0.2) is 36.8 Å². The molecule has 0 radical (unpaired) electrons. The molecular weight excluding hydrogens is 354 g/mol. The molecule has 1 spiro atoms. The van der Waals surface area contributed by atoms with Crippen molar-refractivity contribution in [3.8, 4) is 0 Å². The first-order valence-electron chi connectivity index (χ1n) is 9.80. The third-order valence-corrected chi connectivity index (χ3v) is 5.77. The molecule has 4 rings (SSSR count). The summed E-state index contributed by atoms with van der Waals surface area (Å²) in [5.41, 5.74) is 2.10. The maximum Gasteiger partial charge on any atom is 0.272 e. The molecule has 7 nitrogen and oxygen atoms in total. The van der Waals surface area contributed by atoms with Gasteiger partial charge in [0.2, 0.25) is 5.91 Å². The van der Waals surface area contributed by atoms with E-state index in [1.54, 1.807) is 24.7 Å². The topological polar surface area (TPSA) is 79.3 Å². The Kier molecular flexibility index (Phi) is 5.07. The van der Waals surface area contributed by atoms with Crippen molar-refractivity contribution in [1.29, 1.82) is 0 Å². The minimum Gasteiger partial charge on any atom is -0.337 e. The van der Waals surface area contributed by atoms with E-state index < -0.39 is 0 Å². The second kappa shape index (κ2) is 7.66. The summed E-state index contributed by atoms with van der Waals surface area (Å²) in [6.45, 7) is 4.45. The molecule has 0 bridgehead atoms. The average Bonchev–Trinajstić information content (AvgIpc) is 2.73. The van der Waals surface area contributed by atoms with Crippen LogP contribution in [-0.2, 0) is 11.3 Å². The molecule has 0 aromatic carbocycles. The molecule has 2 saturated heterocycles. The van der Waals surface area contributed by atoms with Crippen molar-refractivity contribution in [3.05, 3.63) is 53.9 Å². The predicted octanol–water partition coefficient (Wildman–Crippen LogP) is 2.23. The largest absolute Gasteiger partial charge is 0.337 e. The molecule has 0 saturated carbocycles. The summed E-state index contributed by atoms with van der Waals surface area (Å²) in [5.74, 6) is 0.133. The molecule has 2 fully saturated rings. The lowest BCUT2D eigenvalue weighted by molar-refractivity contribution is -0.139. The Morgan fingerprint density at radius 3 is 2.79 bits per heavy atom. The first-order valence-corrected chi connectivity index (χ1v) is 9.80. The van der Waals surface area contributed by atoms with E-state index in [1.807, 2.05) is 28.9 Å². The lowest BCUT2D eigenvalue weighted by Gasteiger charge is -2.48. The fraction of sp³-hybridized carbons (Fsp3) is 0.476. The number of piperidine rings is 2. The van der Waals surface area contributed by atoms with Crippen LogP contribution in [0.2, 0.25) is 0 Å². The van der Waals surface area contributed by atoms with Gasteiger partial charge >= 0.3 is 0 Å². The van der Waals surface area contributed by atoms with Gasteiger partial charge in [0, 0.05) is 43.9 Å². The van der Waals surface area contributed by atoms with E-state index in [9.17, 15) is 9.59 Å². The average molecular weight is 379 g/mol. The van der Waals surface area contributed by atoms with Gasteiger partial charge in [-0.15, -0.1) is 0 Å². The van der Waals surface area contributed by atoms with Gasteiger partial charge in [-0.1, -0.05) is 6.07 Å². The second-order valence-corrected chi connectivity index (χ2v) is 7.94. The quantitative estimate of drug-likeness (QED) is 0.817. The molecule has 4 heterocycles. The highest BCUT2D eigenvalue weighted by Gasteiger charge is 2.43. The Bertz CT molecular complexity index is 855. The molecule has 2 amide bonds. The Morgan fingerprint density at radius 1 is 1.14 bits per heavy atom. The number of pyridine rings is 1. The SMILES string of the molecule is Cc1cnc(CN2CC3(CCCN(C(=O)c4ccccn4)C3)CCC2=O)cn1. The minimum absolute atomic E-state index is 0.0208. The summed E-state index contributed by atoms with van der Waals surface area (Å²) >= 11 is 0. The summed E-state index contributed by atoms with van der Waals surface area (Å²) in [7, 11) is 0. The van der Waals surface area contributed by atoms with Gasteiger partial charge in [0.25, 0.3) is 5.91 Å². The first kappa shape index (κ1) is 18.5. The normalized spacial score (nSPS) is 22.5. The van der Waals surface area contributed by atoms with Crippen molar-refractivity contribution >= 4 is 11.8 Å². The van der Waals surface area contributed by atoms with Crippen LogP contribution in [0.4, 0.5) is 0 Å². The summed E-state index contributed by atoms with van der Waals surface area (Å²) in [4.78, 5) is 42.1. The first-order chi connectivity index (χ1) is 13.5. The summed E-state index contributed by atoms with van der Waals surface area (Å²) in [5, 5.41) is 0. The highest BCUT2D eigenvalue weighted by atomic mass is 16.2. The third-order valence-electron chi connectivity index (χ3n) is 5.77. The van der Waals surface area contributed by atoms with Crippen LogP contribution in [0, 0.1) is 12.3 Å². The lowest BCUT2D eigenvalue weighted by atomic mass is 9.73. The number of nitrogens with zero attached hydrogens (tertiary/aromatic N) is 5. The molecule has 146 valence electrons. The molecule has 2 aliphatic heterocycles. The van der Waals surface area contributed by atoms with Crippen LogP contribution in [0.3, 0.4) is 0 Å². The molecular formula is C21H25N5O2. The molecule has 2 aromatic rings. The molecule has 0 aliphatic carbocycles. The monoisotopic (exact) mass is 379 g/mol. The minimum atomic E-state index is -0.0469. The van der Waals surface area contributed by atoms with E-state index in [2.05, 4.69) is 15.0 Å².